The number of nitrogens with zero attached hydrogens (tertiary/aromatic N) is 3. The van der Waals surface area contributed by atoms with Gasteiger partial charge in [-0.05, 0) is 49.4 Å². The summed E-state index contributed by atoms with van der Waals surface area (Å²) in [5, 5.41) is 13.6. The minimum atomic E-state index is -0.112. The second-order valence-corrected chi connectivity index (χ2v) is 8.49. The summed E-state index contributed by atoms with van der Waals surface area (Å²) in [6.45, 7) is 2.65. The van der Waals surface area contributed by atoms with Gasteiger partial charge in [0.15, 0.2) is 10.9 Å². The quantitative estimate of drug-likeness (QED) is 0.342. The molecule has 1 N–H and O–H groups in total. The van der Waals surface area contributed by atoms with Crippen LogP contribution in [0.15, 0.2) is 62.6 Å². The molecule has 0 saturated heterocycles. The molecular weight excluding hydrogens is 476 g/mol. The lowest BCUT2D eigenvalue weighted by Gasteiger charge is -2.07. The Labute approximate surface area is 184 Å². The van der Waals surface area contributed by atoms with Crippen molar-refractivity contribution in [1.82, 2.24) is 14.8 Å². The standard InChI is InChI=1S/C20H16BrClN4O2S/c1-2-26-19(17-9-12-8-14(22)6-7-16(12)28-17)24-25-20(26)29-11-18(27)23-15-5-3-4-13(21)10-15/h3-10H,2,11H2,1H3,(H,23,27). The second-order valence-electron chi connectivity index (χ2n) is 6.19. The maximum atomic E-state index is 12.3. The predicted molar refractivity (Wildman–Crippen MR) is 119 cm³/mol. The zero-order valence-corrected chi connectivity index (χ0v) is 18.5. The van der Waals surface area contributed by atoms with Crippen molar-refractivity contribution in [2.75, 3.05) is 11.1 Å². The van der Waals surface area contributed by atoms with Crippen molar-refractivity contribution in [3.63, 3.8) is 0 Å². The first kappa shape index (κ1) is 20.0. The Balaban J connectivity index is 1.50. The Morgan fingerprint density at radius 2 is 2.10 bits per heavy atom. The molecule has 2 aromatic carbocycles. The SMILES string of the molecule is CCn1c(SCC(=O)Nc2cccc(Br)c2)nnc1-c1cc2cc(Cl)ccc2o1. The number of carbonyl (C=O) groups is 1. The number of thioether (sulfide) groups is 1. The highest BCUT2D eigenvalue weighted by Crippen LogP contribution is 2.30. The summed E-state index contributed by atoms with van der Waals surface area (Å²) in [4.78, 5) is 12.3. The lowest BCUT2D eigenvalue weighted by atomic mass is 10.2. The summed E-state index contributed by atoms with van der Waals surface area (Å²) in [6, 6.07) is 14.8. The van der Waals surface area contributed by atoms with Crippen LogP contribution in [-0.4, -0.2) is 26.4 Å². The Morgan fingerprint density at radius 1 is 1.24 bits per heavy atom. The topological polar surface area (TPSA) is 73.0 Å². The Morgan fingerprint density at radius 3 is 2.90 bits per heavy atom. The summed E-state index contributed by atoms with van der Waals surface area (Å²) in [7, 11) is 0. The van der Waals surface area contributed by atoms with Gasteiger partial charge in [0, 0.05) is 27.1 Å². The number of amides is 1. The van der Waals surface area contributed by atoms with Crippen LogP contribution in [0.2, 0.25) is 5.02 Å². The first-order valence-corrected chi connectivity index (χ1v) is 11.0. The summed E-state index contributed by atoms with van der Waals surface area (Å²) >= 11 is 10.8. The Kier molecular flexibility index (Phi) is 5.94. The van der Waals surface area contributed by atoms with E-state index >= 15 is 0 Å². The third-order valence-corrected chi connectivity index (χ3v) is 5.87. The first-order chi connectivity index (χ1) is 14.0. The van der Waals surface area contributed by atoms with E-state index in [4.69, 9.17) is 16.0 Å². The molecule has 29 heavy (non-hydrogen) atoms. The smallest absolute Gasteiger partial charge is 0.234 e. The van der Waals surface area contributed by atoms with Crippen molar-refractivity contribution in [3.05, 3.63) is 58.0 Å². The number of furan rings is 1. The van der Waals surface area contributed by atoms with E-state index in [1.807, 2.05) is 54.0 Å². The summed E-state index contributed by atoms with van der Waals surface area (Å²) in [5.74, 6) is 1.34. The highest BCUT2D eigenvalue weighted by molar-refractivity contribution is 9.10. The van der Waals surface area contributed by atoms with Gasteiger partial charge >= 0.3 is 0 Å². The third kappa shape index (κ3) is 4.49. The average molecular weight is 492 g/mol. The molecule has 0 spiro atoms. The number of fused-ring (bicyclic) bond motifs is 1. The second kappa shape index (κ2) is 8.61. The number of aromatic nitrogens is 3. The van der Waals surface area contributed by atoms with E-state index in [9.17, 15) is 4.79 Å². The maximum absolute atomic E-state index is 12.3. The van der Waals surface area contributed by atoms with E-state index in [1.165, 1.54) is 11.8 Å². The third-order valence-electron chi connectivity index (χ3n) is 4.17. The number of nitrogens with one attached hydrogen (secondary N) is 1. The van der Waals surface area contributed by atoms with Crippen LogP contribution in [0, 0.1) is 0 Å². The number of hydrogen-bond acceptors (Lipinski definition) is 5. The molecule has 0 aliphatic rings. The number of carbonyl (C=O) groups excluding carboxylic acids is 1. The van der Waals surface area contributed by atoms with Crippen LogP contribution in [0.4, 0.5) is 5.69 Å². The van der Waals surface area contributed by atoms with E-state index in [0.717, 1.165) is 21.1 Å². The molecule has 4 aromatic rings. The van der Waals surface area contributed by atoms with Crippen molar-refractivity contribution in [3.8, 4) is 11.6 Å². The largest absolute Gasteiger partial charge is 0.453 e. The zero-order chi connectivity index (χ0) is 20.4. The molecule has 0 saturated carbocycles. The van der Waals surface area contributed by atoms with Crippen LogP contribution in [0.1, 0.15) is 6.92 Å². The van der Waals surface area contributed by atoms with Crippen molar-refractivity contribution in [1.29, 1.82) is 0 Å². The fourth-order valence-electron chi connectivity index (χ4n) is 2.88. The molecule has 2 aromatic heterocycles. The van der Waals surface area contributed by atoms with Gasteiger partial charge in [0.1, 0.15) is 5.58 Å². The van der Waals surface area contributed by atoms with Crippen LogP contribution in [0.25, 0.3) is 22.6 Å². The molecule has 9 heteroatoms. The van der Waals surface area contributed by atoms with E-state index in [1.54, 1.807) is 6.07 Å². The number of anilines is 1. The van der Waals surface area contributed by atoms with Crippen molar-refractivity contribution in [2.24, 2.45) is 0 Å². The van der Waals surface area contributed by atoms with E-state index in [2.05, 4.69) is 31.4 Å². The fourth-order valence-corrected chi connectivity index (χ4v) is 4.26. The number of rotatable bonds is 6. The lowest BCUT2D eigenvalue weighted by Crippen LogP contribution is -2.14. The molecule has 6 nitrogen and oxygen atoms in total. The van der Waals surface area contributed by atoms with Crippen molar-refractivity contribution >= 4 is 61.9 Å². The zero-order valence-electron chi connectivity index (χ0n) is 15.4. The van der Waals surface area contributed by atoms with Crippen LogP contribution < -0.4 is 5.32 Å². The van der Waals surface area contributed by atoms with Crippen molar-refractivity contribution < 1.29 is 9.21 Å². The first-order valence-electron chi connectivity index (χ1n) is 8.84. The van der Waals surface area contributed by atoms with Gasteiger partial charge in [-0.25, -0.2) is 0 Å². The summed E-state index contributed by atoms with van der Waals surface area (Å²) in [6.07, 6.45) is 0. The average Bonchev–Trinajstić information content (AvgIpc) is 3.29. The van der Waals surface area contributed by atoms with Crippen LogP contribution >= 0.6 is 39.3 Å². The molecule has 0 fully saturated rings. The maximum Gasteiger partial charge on any atom is 0.234 e. The van der Waals surface area contributed by atoms with Gasteiger partial charge in [0.05, 0.1) is 5.75 Å². The normalized spacial score (nSPS) is 11.1. The van der Waals surface area contributed by atoms with E-state index < -0.39 is 0 Å². The van der Waals surface area contributed by atoms with Gasteiger partial charge in [-0.2, -0.15) is 0 Å². The van der Waals surface area contributed by atoms with Gasteiger partial charge in [-0.1, -0.05) is 45.4 Å². The van der Waals surface area contributed by atoms with Gasteiger partial charge in [0.25, 0.3) is 0 Å². The molecule has 0 unspecified atom stereocenters. The molecule has 4 rings (SSSR count). The highest BCUT2D eigenvalue weighted by atomic mass is 79.9. The highest BCUT2D eigenvalue weighted by Gasteiger charge is 2.18. The van der Waals surface area contributed by atoms with Gasteiger partial charge < -0.3 is 9.73 Å². The number of benzene rings is 2. The van der Waals surface area contributed by atoms with Crippen LogP contribution in [-0.2, 0) is 11.3 Å². The van der Waals surface area contributed by atoms with Gasteiger partial charge in [-0.3, -0.25) is 9.36 Å². The molecule has 2 heterocycles. The van der Waals surface area contributed by atoms with Gasteiger partial charge in [-0.15, -0.1) is 10.2 Å². The molecule has 1 amide bonds. The Hall–Kier alpha value is -2.29. The molecule has 0 radical (unpaired) electrons. The van der Waals surface area contributed by atoms with E-state index in [0.29, 0.717) is 28.3 Å². The molecule has 0 atom stereocenters. The minimum Gasteiger partial charge on any atom is -0.453 e. The summed E-state index contributed by atoms with van der Waals surface area (Å²) < 4.78 is 8.74. The molecule has 148 valence electrons. The molecule has 0 bridgehead atoms. The van der Waals surface area contributed by atoms with Crippen molar-refractivity contribution in [2.45, 2.75) is 18.6 Å². The molecular formula is C20H16BrClN4O2S. The molecule has 0 aliphatic carbocycles. The van der Waals surface area contributed by atoms with E-state index in [-0.39, 0.29) is 11.7 Å². The predicted octanol–water partition coefficient (Wildman–Crippen LogP) is 5.86. The molecule has 0 aliphatic heterocycles. The fraction of sp³-hybridized carbons (Fsp3) is 0.150. The lowest BCUT2D eigenvalue weighted by molar-refractivity contribution is -0.113. The number of halogens is 2. The van der Waals surface area contributed by atoms with Gasteiger partial charge in [0.2, 0.25) is 11.7 Å². The van der Waals surface area contributed by atoms with Crippen LogP contribution in [0.5, 0.6) is 0 Å². The monoisotopic (exact) mass is 490 g/mol. The number of hydrogen-bond donors (Lipinski definition) is 1. The minimum absolute atomic E-state index is 0.112. The summed E-state index contributed by atoms with van der Waals surface area (Å²) in [5.41, 5.74) is 1.47. The van der Waals surface area contributed by atoms with Crippen LogP contribution in [0.3, 0.4) is 0 Å². The Bertz CT molecular complexity index is 1190.